The first-order valence-electron chi connectivity index (χ1n) is 13.2. The third-order valence-electron chi connectivity index (χ3n) is 7.97. The summed E-state index contributed by atoms with van der Waals surface area (Å²) in [5.74, 6) is -0.784. The Balaban J connectivity index is 1.45. The van der Waals surface area contributed by atoms with Crippen molar-refractivity contribution in [2.24, 2.45) is 11.7 Å². The van der Waals surface area contributed by atoms with E-state index in [2.05, 4.69) is 94.7 Å². The predicted octanol–water partition coefficient (Wildman–Crippen LogP) is 3.23. The summed E-state index contributed by atoms with van der Waals surface area (Å²) in [5.41, 5.74) is 17.8. The molecule has 0 saturated carbocycles. The molecule has 1 fully saturated rings. The summed E-state index contributed by atoms with van der Waals surface area (Å²) in [6.45, 7) is 1.78. The fourth-order valence-electron chi connectivity index (χ4n) is 6.32. The number of benzene rings is 3. The molecule has 2 aliphatic heterocycles. The van der Waals surface area contributed by atoms with Gasteiger partial charge in [0.15, 0.2) is 6.04 Å². The average molecular weight is 508 g/mol. The molecule has 7 heteroatoms. The molecule has 0 aromatic heterocycles. The molecule has 3 aromatic rings. The number of aliphatic carboxylic acids is 1. The van der Waals surface area contributed by atoms with E-state index in [0.29, 0.717) is 19.6 Å². The SMILES string of the molecule is NCCCN1NC2=C(C=CC3NN(C(c4ccccc4)(c4ccccc4)c4ccccc4)CC23)C1C(=O)O. The number of fused-ring (bicyclic) bond motifs is 2. The number of carbonyl (C=O) groups is 1. The third-order valence-corrected chi connectivity index (χ3v) is 7.97. The van der Waals surface area contributed by atoms with Crippen LogP contribution in [0, 0.1) is 5.92 Å². The van der Waals surface area contributed by atoms with E-state index >= 15 is 0 Å². The van der Waals surface area contributed by atoms with Crippen molar-refractivity contribution in [3.05, 3.63) is 131 Å². The molecular weight excluding hydrogens is 474 g/mol. The first kappa shape index (κ1) is 24.6. The van der Waals surface area contributed by atoms with Crippen LogP contribution in [0.3, 0.4) is 0 Å². The maximum absolute atomic E-state index is 12.3. The van der Waals surface area contributed by atoms with E-state index in [4.69, 9.17) is 5.73 Å². The van der Waals surface area contributed by atoms with E-state index in [1.54, 1.807) is 0 Å². The zero-order valence-corrected chi connectivity index (χ0v) is 21.2. The number of carboxylic acid groups (broad SMARTS) is 1. The lowest BCUT2D eigenvalue weighted by Crippen LogP contribution is -2.52. The highest BCUT2D eigenvalue weighted by molar-refractivity contribution is 5.80. The molecule has 5 N–H and O–H groups in total. The molecule has 0 amide bonds. The topological polar surface area (TPSA) is 93.9 Å². The fourth-order valence-corrected chi connectivity index (χ4v) is 6.32. The normalized spacial score (nSPS) is 23.2. The summed E-state index contributed by atoms with van der Waals surface area (Å²) < 4.78 is 0. The maximum Gasteiger partial charge on any atom is 0.327 e. The van der Waals surface area contributed by atoms with Gasteiger partial charge in [-0.2, -0.15) is 0 Å². The number of hydrogen-bond donors (Lipinski definition) is 4. The van der Waals surface area contributed by atoms with Gasteiger partial charge in [0.05, 0.1) is 0 Å². The van der Waals surface area contributed by atoms with E-state index in [1.807, 2.05) is 29.3 Å². The van der Waals surface area contributed by atoms with E-state index in [9.17, 15) is 9.90 Å². The van der Waals surface area contributed by atoms with E-state index in [1.165, 1.54) is 0 Å². The summed E-state index contributed by atoms with van der Waals surface area (Å²) in [4.78, 5) is 12.3. The summed E-state index contributed by atoms with van der Waals surface area (Å²) >= 11 is 0. The molecule has 38 heavy (non-hydrogen) atoms. The first-order valence-corrected chi connectivity index (χ1v) is 13.2. The van der Waals surface area contributed by atoms with Gasteiger partial charge in [-0.3, -0.25) is 4.79 Å². The van der Waals surface area contributed by atoms with Gasteiger partial charge < -0.3 is 16.3 Å². The van der Waals surface area contributed by atoms with Crippen LogP contribution in [-0.2, 0) is 10.3 Å². The van der Waals surface area contributed by atoms with Crippen molar-refractivity contribution in [1.82, 2.24) is 20.9 Å². The molecule has 3 aromatic carbocycles. The van der Waals surface area contributed by atoms with Crippen LogP contribution in [0.4, 0.5) is 0 Å². The van der Waals surface area contributed by atoms with Crippen molar-refractivity contribution in [2.75, 3.05) is 19.6 Å². The van der Waals surface area contributed by atoms with E-state index in [0.717, 1.165) is 34.4 Å². The Hall–Kier alpha value is -3.75. The number of nitrogens with zero attached hydrogens (tertiary/aromatic N) is 2. The minimum atomic E-state index is -0.849. The second-order valence-electron chi connectivity index (χ2n) is 10.1. The van der Waals surface area contributed by atoms with Gasteiger partial charge in [-0.1, -0.05) is 103 Å². The van der Waals surface area contributed by atoms with Crippen molar-refractivity contribution < 1.29 is 9.90 Å². The summed E-state index contributed by atoms with van der Waals surface area (Å²) in [6.07, 6.45) is 4.83. The van der Waals surface area contributed by atoms with Gasteiger partial charge in [0, 0.05) is 36.3 Å². The molecule has 3 atom stereocenters. The minimum absolute atomic E-state index is 0.0284. The number of hydrazine groups is 2. The van der Waals surface area contributed by atoms with Crippen molar-refractivity contribution in [2.45, 2.75) is 24.0 Å². The Morgan fingerprint density at radius 1 is 0.921 bits per heavy atom. The van der Waals surface area contributed by atoms with Crippen LogP contribution in [0.15, 0.2) is 114 Å². The summed E-state index contributed by atoms with van der Waals surface area (Å²) in [6, 6.07) is 31.1. The van der Waals surface area contributed by atoms with E-state index in [-0.39, 0.29) is 12.0 Å². The Kier molecular flexibility index (Phi) is 6.59. The number of hydrogen-bond acceptors (Lipinski definition) is 6. The lowest BCUT2D eigenvalue weighted by atomic mass is 9.76. The highest BCUT2D eigenvalue weighted by atomic mass is 16.4. The van der Waals surface area contributed by atoms with Crippen LogP contribution < -0.4 is 16.6 Å². The molecule has 3 unspecified atom stereocenters. The first-order chi connectivity index (χ1) is 18.6. The van der Waals surface area contributed by atoms with Crippen molar-refractivity contribution in [3.8, 4) is 0 Å². The van der Waals surface area contributed by atoms with Crippen LogP contribution in [0.25, 0.3) is 0 Å². The second kappa shape index (κ2) is 10.2. The Labute approximate surface area is 223 Å². The molecule has 6 rings (SSSR count). The average Bonchev–Trinajstić information content (AvgIpc) is 3.56. The van der Waals surface area contributed by atoms with Crippen molar-refractivity contribution >= 4 is 5.97 Å². The Morgan fingerprint density at radius 2 is 1.47 bits per heavy atom. The minimum Gasteiger partial charge on any atom is -0.480 e. The highest BCUT2D eigenvalue weighted by Crippen LogP contribution is 2.46. The monoisotopic (exact) mass is 507 g/mol. The molecule has 1 saturated heterocycles. The largest absolute Gasteiger partial charge is 0.480 e. The standard InChI is InChI=1S/C31H33N5O2/c32-19-10-20-35-29(30(37)38)25-17-18-27-26(28(25)34-35)21-36(33-27)31(22-11-4-1-5-12-22,23-13-6-2-7-14-23)24-15-8-3-9-16-24/h1-9,11-18,26-27,29,33-34H,10,19-21,32H2,(H,37,38). The zero-order chi connectivity index (χ0) is 26.1. The van der Waals surface area contributed by atoms with Gasteiger partial charge in [0.2, 0.25) is 0 Å². The highest BCUT2D eigenvalue weighted by Gasteiger charge is 2.51. The molecule has 194 valence electrons. The Bertz CT molecular complexity index is 1250. The number of nitrogens with one attached hydrogen (secondary N) is 2. The van der Waals surface area contributed by atoms with Crippen molar-refractivity contribution in [1.29, 1.82) is 0 Å². The lowest BCUT2D eigenvalue weighted by Gasteiger charge is -2.43. The van der Waals surface area contributed by atoms with Gasteiger partial charge in [-0.25, -0.2) is 15.4 Å². The van der Waals surface area contributed by atoms with Gasteiger partial charge in [0.1, 0.15) is 5.54 Å². The van der Waals surface area contributed by atoms with Crippen LogP contribution in [0.2, 0.25) is 0 Å². The van der Waals surface area contributed by atoms with Gasteiger partial charge >= 0.3 is 5.97 Å². The van der Waals surface area contributed by atoms with Gasteiger partial charge in [0.25, 0.3) is 0 Å². The fraction of sp³-hybridized carbons (Fsp3) is 0.258. The molecule has 1 aliphatic carbocycles. The molecule has 0 bridgehead atoms. The Morgan fingerprint density at radius 3 is 1.97 bits per heavy atom. The number of carboxylic acids is 1. The predicted molar refractivity (Wildman–Crippen MR) is 147 cm³/mol. The molecule has 7 nitrogen and oxygen atoms in total. The molecular formula is C31H33N5O2. The van der Waals surface area contributed by atoms with Crippen LogP contribution >= 0.6 is 0 Å². The smallest absolute Gasteiger partial charge is 0.327 e. The molecule has 3 aliphatic rings. The molecule has 2 heterocycles. The molecule has 0 spiro atoms. The zero-order valence-electron chi connectivity index (χ0n) is 21.2. The second-order valence-corrected chi connectivity index (χ2v) is 10.1. The number of nitrogens with two attached hydrogens (primary N) is 1. The number of rotatable bonds is 8. The van der Waals surface area contributed by atoms with Crippen LogP contribution in [-0.4, -0.2) is 52.8 Å². The molecule has 0 radical (unpaired) electrons. The summed E-state index contributed by atoms with van der Waals surface area (Å²) in [5, 5.41) is 14.3. The third kappa shape index (κ3) is 3.95. The van der Waals surface area contributed by atoms with Crippen molar-refractivity contribution in [3.63, 3.8) is 0 Å². The summed E-state index contributed by atoms with van der Waals surface area (Å²) in [7, 11) is 0. The van der Waals surface area contributed by atoms with Gasteiger partial charge in [-0.05, 0) is 29.7 Å². The maximum atomic E-state index is 12.3. The van der Waals surface area contributed by atoms with Crippen LogP contribution in [0.5, 0.6) is 0 Å². The van der Waals surface area contributed by atoms with Crippen LogP contribution in [0.1, 0.15) is 23.1 Å². The quantitative estimate of drug-likeness (QED) is 0.348. The van der Waals surface area contributed by atoms with E-state index < -0.39 is 17.6 Å². The lowest BCUT2D eigenvalue weighted by molar-refractivity contribution is -0.141. The van der Waals surface area contributed by atoms with Gasteiger partial charge in [-0.15, -0.1) is 0 Å².